The summed E-state index contributed by atoms with van der Waals surface area (Å²) in [7, 11) is 1.77. The van der Waals surface area contributed by atoms with Gasteiger partial charge in [0.1, 0.15) is 17.9 Å². The number of ether oxygens (including phenoxy) is 1. The molecule has 2 rings (SSSR count). The highest BCUT2D eigenvalue weighted by Crippen LogP contribution is 2.18. The van der Waals surface area contributed by atoms with E-state index in [-0.39, 0.29) is 0 Å². The lowest BCUT2D eigenvalue weighted by atomic mass is 10.1. The molecule has 0 aliphatic rings. The van der Waals surface area contributed by atoms with Gasteiger partial charge in [-0.15, -0.1) is 10.2 Å². The normalized spacial score (nSPS) is 11.7. The van der Waals surface area contributed by atoms with Crippen LogP contribution >= 0.6 is 0 Å². The second-order valence-corrected chi connectivity index (χ2v) is 6.79. The Kier molecular flexibility index (Phi) is 8.61. The average Bonchev–Trinajstić information content (AvgIpc) is 3.12. The molecule has 0 saturated heterocycles. The Bertz CT molecular complexity index is 710. The predicted octanol–water partition coefficient (Wildman–Crippen LogP) is 2.63. The molecule has 1 aromatic carbocycles. The number of nitrogens with zero attached hydrogens (tertiary/aromatic N) is 4. The fourth-order valence-corrected chi connectivity index (χ4v) is 2.63. The highest BCUT2D eigenvalue weighted by molar-refractivity contribution is 5.79. The van der Waals surface area contributed by atoms with Crippen LogP contribution in [-0.2, 0) is 19.5 Å². The summed E-state index contributed by atoms with van der Waals surface area (Å²) in [4.78, 5) is 4.29. The number of aromatic nitrogens is 3. The monoisotopic (exact) mass is 372 g/mol. The smallest absolute Gasteiger partial charge is 0.191 e. The average molecular weight is 373 g/mol. The van der Waals surface area contributed by atoms with Crippen LogP contribution in [0.25, 0.3) is 0 Å². The van der Waals surface area contributed by atoms with Crippen molar-refractivity contribution in [2.75, 3.05) is 20.2 Å². The van der Waals surface area contributed by atoms with E-state index in [4.69, 9.17) is 4.74 Å². The van der Waals surface area contributed by atoms with Crippen LogP contribution in [0.1, 0.15) is 38.6 Å². The van der Waals surface area contributed by atoms with Gasteiger partial charge in [-0.1, -0.05) is 39.0 Å². The zero-order valence-corrected chi connectivity index (χ0v) is 16.9. The number of benzene rings is 1. The minimum Gasteiger partial charge on any atom is -0.493 e. The molecule has 0 bridgehead atoms. The summed E-state index contributed by atoms with van der Waals surface area (Å²) in [6.07, 6.45) is 3.69. The van der Waals surface area contributed by atoms with Crippen molar-refractivity contribution >= 4 is 5.96 Å². The van der Waals surface area contributed by atoms with Crippen LogP contribution in [0, 0.1) is 5.92 Å². The molecule has 0 unspecified atom stereocenters. The predicted molar refractivity (Wildman–Crippen MR) is 109 cm³/mol. The van der Waals surface area contributed by atoms with Gasteiger partial charge in [-0.3, -0.25) is 4.99 Å². The quantitative estimate of drug-likeness (QED) is 0.495. The maximum Gasteiger partial charge on any atom is 0.191 e. The number of aryl methyl sites for hydroxylation is 1. The number of guanidine groups is 1. The third-order valence-electron chi connectivity index (χ3n) is 4.25. The third-order valence-corrected chi connectivity index (χ3v) is 4.25. The summed E-state index contributed by atoms with van der Waals surface area (Å²) < 4.78 is 8.01. The van der Waals surface area contributed by atoms with E-state index in [1.54, 1.807) is 13.4 Å². The summed E-state index contributed by atoms with van der Waals surface area (Å²) in [5.74, 6) is 3.32. The van der Waals surface area contributed by atoms with Gasteiger partial charge in [0.15, 0.2) is 5.96 Å². The lowest BCUT2D eigenvalue weighted by Crippen LogP contribution is -2.38. The lowest BCUT2D eigenvalue weighted by molar-refractivity contribution is 0.286. The summed E-state index contributed by atoms with van der Waals surface area (Å²) >= 11 is 0. The molecule has 1 heterocycles. The van der Waals surface area contributed by atoms with Gasteiger partial charge in [-0.05, 0) is 18.4 Å². The standard InChI is InChI=1S/C20H32N6O/c1-5-19-25-24-15-26(19)12-11-22-20(21-4)23-14-17-8-6-7-9-18(17)27-13-10-16(2)3/h6-9,15-16H,5,10-14H2,1-4H3,(H2,21,22,23). The molecule has 0 amide bonds. The van der Waals surface area contributed by atoms with Gasteiger partial charge in [0.05, 0.1) is 6.61 Å². The molecule has 0 fully saturated rings. The van der Waals surface area contributed by atoms with Crippen molar-refractivity contribution in [3.8, 4) is 5.75 Å². The van der Waals surface area contributed by atoms with Gasteiger partial charge in [-0.25, -0.2) is 0 Å². The van der Waals surface area contributed by atoms with Crippen molar-refractivity contribution in [2.45, 2.75) is 46.7 Å². The Morgan fingerprint density at radius 2 is 2.07 bits per heavy atom. The van der Waals surface area contributed by atoms with Crippen LogP contribution < -0.4 is 15.4 Å². The zero-order valence-electron chi connectivity index (χ0n) is 16.9. The molecule has 7 heteroatoms. The van der Waals surface area contributed by atoms with E-state index >= 15 is 0 Å². The largest absolute Gasteiger partial charge is 0.493 e. The molecule has 0 spiro atoms. The molecular weight excluding hydrogens is 340 g/mol. The van der Waals surface area contributed by atoms with Crippen LogP contribution in [0.15, 0.2) is 35.6 Å². The molecule has 0 aliphatic carbocycles. The Morgan fingerprint density at radius 1 is 1.26 bits per heavy atom. The Hall–Kier alpha value is -2.57. The van der Waals surface area contributed by atoms with Crippen molar-refractivity contribution in [2.24, 2.45) is 10.9 Å². The number of hydrogen-bond acceptors (Lipinski definition) is 4. The highest BCUT2D eigenvalue weighted by atomic mass is 16.5. The van der Waals surface area contributed by atoms with E-state index in [2.05, 4.69) is 57.2 Å². The Balaban J connectivity index is 1.81. The summed E-state index contributed by atoms with van der Waals surface area (Å²) in [5.41, 5.74) is 1.12. The molecule has 0 aliphatic heterocycles. The summed E-state index contributed by atoms with van der Waals surface area (Å²) in [6.45, 7) is 9.43. The van der Waals surface area contributed by atoms with Crippen molar-refractivity contribution in [1.82, 2.24) is 25.4 Å². The van der Waals surface area contributed by atoms with Crippen molar-refractivity contribution in [1.29, 1.82) is 0 Å². The van der Waals surface area contributed by atoms with Gasteiger partial charge < -0.3 is 19.9 Å². The second kappa shape index (κ2) is 11.2. The van der Waals surface area contributed by atoms with E-state index in [0.29, 0.717) is 12.5 Å². The molecule has 148 valence electrons. The van der Waals surface area contributed by atoms with Crippen LogP contribution in [0.2, 0.25) is 0 Å². The van der Waals surface area contributed by atoms with Gasteiger partial charge in [-0.2, -0.15) is 0 Å². The first-order valence-corrected chi connectivity index (χ1v) is 9.66. The number of aliphatic imine (C=N–C) groups is 1. The fraction of sp³-hybridized carbons (Fsp3) is 0.550. The number of rotatable bonds is 10. The molecular formula is C20H32N6O. The topological polar surface area (TPSA) is 76.4 Å². The molecule has 7 nitrogen and oxygen atoms in total. The van der Waals surface area contributed by atoms with Crippen LogP contribution in [0.4, 0.5) is 0 Å². The molecule has 2 aromatic rings. The minimum atomic E-state index is 0.636. The molecule has 1 aromatic heterocycles. The highest BCUT2D eigenvalue weighted by Gasteiger charge is 2.06. The van der Waals surface area contributed by atoms with Crippen LogP contribution in [0.5, 0.6) is 5.75 Å². The van der Waals surface area contributed by atoms with Crippen LogP contribution in [-0.4, -0.2) is 40.9 Å². The van der Waals surface area contributed by atoms with Gasteiger partial charge in [0.2, 0.25) is 0 Å². The third kappa shape index (κ3) is 6.92. The first-order valence-electron chi connectivity index (χ1n) is 9.66. The Labute approximate surface area is 162 Å². The molecule has 0 saturated carbocycles. The van der Waals surface area contributed by atoms with Gasteiger partial charge in [0, 0.05) is 38.7 Å². The first-order chi connectivity index (χ1) is 13.1. The van der Waals surface area contributed by atoms with Gasteiger partial charge in [0.25, 0.3) is 0 Å². The molecule has 0 atom stereocenters. The second-order valence-electron chi connectivity index (χ2n) is 6.79. The van der Waals surface area contributed by atoms with E-state index < -0.39 is 0 Å². The lowest BCUT2D eigenvalue weighted by Gasteiger charge is -2.15. The van der Waals surface area contributed by atoms with Gasteiger partial charge >= 0.3 is 0 Å². The summed E-state index contributed by atoms with van der Waals surface area (Å²) in [6, 6.07) is 8.13. The number of nitrogens with one attached hydrogen (secondary N) is 2. The van der Waals surface area contributed by atoms with Crippen molar-refractivity contribution in [3.05, 3.63) is 42.0 Å². The molecule has 2 N–H and O–H groups in total. The van der Waals surface area contributed by atoms with E-state index in [9.17, 15) is 0 Å². The van der Waals surface area contributed by atoms with Crippen molar-refractivity contribution < 1.29 is 4.74 Å². The SMILES string of the molecule is CCc1nncn1CCNC(=NC)NCc1ccccc1OCCC(C)C. The first kappa shape index (κ1) is 20.7. The maximum absolute atomic E-state index is 5.95. The molecule has 27 heavy (non-hydrogen) atoms. The Morgan fingerprint density at radius 3 is 2.81 bits per heavy atom. The van der Waals surface area contributed by atoms with Crippen LogP contribution in [0.3, 0.4) is 0 Å². The molecule has 0 radical (unpaired) electrons. The minimum absolute atomic E-state index is 0.636. The number of hydrogen-bond donors (Lipinski definition) is 2. The van der Waals surface area contributed by atoms with E-state index in [1.807, 2.05) is 18.2 Å². The fourth-order valence-electron chi connectivity index (χ4n) is 2.63. The van der Waals surface area contributed by atoms with E-state index in [0.717, 1.165) is 55.6 Å². The zero-order chi connectivity index (χ0) is 19.5. The summed E-state index contributed by atoms with van der Waals surface area (Å²) in [5, 5.41) is 14.7. The maximum atomic E-state index is 5.95. The van der Waals surface area contributed by atoms with Crippen molar-refractivity contribution in [3.63, 3.8) is 0 Å². The number of para-hydroxylation sites is 1. The van der Waals surface area contributed by atoms with E-state index in [1.165, 1.54) is 0 Å².